The van der Waals surface area contributed by atoms with Gasteiger partial charge in [0.25, 0.3) is 6.71 Å². The summed E-state index contributed by atoms with van der Waals surface area (Å²) in [5, 5.41) is 2.75. The molecule has 4 heteroatoms. The van der Waals surface area contributed by atoms with Crippen molar-refractivity contribution in [3.05, 3.63) is 169 Å². The lowest BCUT2D eigenvalue weighted by Crippen LogP contribution is -2.61. The molecular formula is C52H42BN3. The van der Waals surface area contributed by atoms with Gasteiger partial charge in [-0.3, -0.25) is 0 Å². The second kappa shape index (κ2) is 11.5. The minimum absolute atomic E-state index is 0.0723. The van der Waals surface area contributed by atoms with Crippen LogP contribution in [0.2, 0.25) is 0 Å². The number of aromatic nitrogens is 1. The summed E-state index contributed by atoms with van der Waals surface area (Å²) in [7, 11) is 0. The van der Waals surface area contributed by atoms with Gasteiger partial charge in [0, 0.05) is 50.6 Å². The number of para-hydroxylation sites is 4. The Labute approximate surface area is 328 Å². The van der Waals surface area contributed by atoms with Gasteiger partial charge >= 0.3 is 0 Å². The molecule has 4 fully saturated rings. The lowest BCUT2D eigenvalue weighted by Gasteiger charge is -2.57. The normalized spacial score (nSPS) is 22.7. The molecule has 0 atom stereocenters. The fourth-order valence-electron chi connectivity index (χ4n) is 12.8. The largest absolute Gasteiger partial charge is 0.311 e. The van der Waals surface area contributed by atoms with Crippen molar-refractivity contribution in [3.63, 3.8) is 0 Å². The highest BCUT2D eigenvalue weighted by atomic mass is 15.2. The maximum absolute atomic E-state index is 2.62. The van der Waals surface area contributed by atoms with Crippen LogP contribution < -0.4 is 26.2 Å². The van der Waals surface area contributed by atoms with Crippen LogP contribution in [-0.4, -0.2) is 11.3 Å². The molecule has 6 aliphatic rings. The molecule has 4 bridgehead atoms. The minimum Gasteiger partial charge on any atom is -0.311 e. The summed E-state index contributed by atoms with van der Waals surface area (Å²) < 4.78 is 2.55. The van der Waals surface area contributed by atoms with Gasteiger partial charge < -0.3 is 14.4 Å². The fourth-order valence-corrected chi connectivity index (χ4v) is 12.8. The molecule has 14 rings (SSSR count). The molecule has 56 heavy (non-hydrogen) atoms. The van der Waals surface area contributed by atoms with Gasteiger partial charge in [-0.25, -0.2) is 0 Å². The Hall–Kier alpha value is -6.00. The highest BCUT2D eigenvalue weighted by molar-refractivity contribution is 7.00. The third-order valence-electron chi connectivity index (χ3n) is 14.5. The second-order valence-corrected chi connectivity index (χ2v) is 17.6. The fraction of sp³-hybridized carbons (Fsp3) is 0.192. The van der Waals surface area contributed by atoms with Crippen LogP contribution in [0.5, 0.6) is 0 Å². The van der Waals surface area contributed by atoms with E-state index in [2.05, 4.69) is 178 Å². The summed E-state index contributed by atoms with van der Waals surface area (Å²) in [4.78, 5) is 4.96. The van der Waals surface area contributed by atoms with E-state index in [0.717, 1.165) is 17.8 Å². The Morgan fingerprint density at radius 1 is 0.429 bits per heavy atom. The van der Waals surface area contributed by atoms with Gasteiger partial charge in [-0.05, 0) is 163 Å². The van der Waals surface area contributed by atoms with Gasteiger partial charge in [0.1, 0.15) is 0 Å². The molecule has 0 unspecified atom stereocenters. The van der Waals surface area contributed by atoms with E-state index < -0.39 is 0 Å². The van der Waals surface area contributed by atoms with Crippen molar-refractivity contribution in [2.24, 2.45) is 17.8 Å². The van der Waals surface area contributed by atoms with Crippen LogP contribution >= 0.6 is 0 Å². The van der Waals surface area contributed by atoms with Crippen molar-refractivity contribution in [1.82, 2.24) is 4.57 Å². The Morgan fingerprint density at radius 3 is 1.70 bits per heavy atom. The number of nitrogens with zero attached hydrogens (tertiary/aromatic N) is 3. The summed E-state index contributed by atoms with van der Waals surface area (Å²) in [6.45, 7) is 0.0723. The second-order valence-electron chi connectivity index (χ2n) is 17.6. The number of rotatable bonds is 4. The first-order valence-electron chi connectivity index (χ1n) is 20.8. The van der Waals surface area contributed by atoms with E-state index in [9.17, 15) is 0 Å². The lowest BCUT2D eigenvalue weighted by molar-refractivity contribution is -0.00512. The summed E-state index contributed by atoms with van der Waals surface area (Å²) in [6, 6.07) is 61.8. The molecule has 8 aromatic rings. The van der Waals surface area contributed by atoms with E-state index in [1.165, 1.54) is 117 Å². The van der Waals surface area contributed by atoms with Crippen molar-refractivity contribution in [3.8, 4) is 5.69 Å². The zero-order chi connectivity index (χ0) is 36.5. The molecule has 0 radical (unpaired) electrons. The van der Waals surface area contributed by atoms with Crippen LogP contribution in [0.25, 0.3) is 27.5 Å². The first-order chi connectivity index (χ1) is 27.7. The zero-order valence-electron chi connectivity index (χ0n) is 31.5. The monoisotopic (exact) mass is 719 g/mol. The summed E-state index contributed by atoms with van der Waals surface area (Å²) >= 11 is 0. The van der Waals surface area contributed by atoms with Gasteiger partial charge in [0.2, 0.25) is 0 Å². The van der Waals surface area contributed by atoms with E-state index in [0.29, 0.717) is 5.41 Å². The van der Waals surface area contributed by atoms with E-state index in [-0.39, 0.29) is 6.71 Å². The molecular weight excluding hydrogens is 677 g/mol. The van der Waals surface area contributed by atoms with E-state index in [1.54, 1.807) is 5.56 Å². The van der Waals surface area contributed by atoms with Crippen LogP contribution in [0.4, 0.5) is 34.1 Å². The summed E-state index contributed by atoms with van der Waals surface area (Å²) in [6.07, 6.45) is 8.59. The Bertz CT molecular complexity index is 2820. The third-order valence-corrected chi connectivity index (χ3v) is 14.5. The van der Waals surface area contributed by atoms with Gasteiger partial charge in [-0.2, -0.15) is 0 Å². The first kappa shape index (κ1) is 31.2. The highest BCUT2D eigenvalue weighted by Crippen LogP contribution is 2.61. The van der Waals surface area contributed by atoms with Crippen molar-refractivity contribution in [2.75, 3.05) is 9.80 Å². The number of hydrogen-bond acceptors (Lipinski definition) is 2. The summed E-state index contributed by atoms with van der Waals surface area (Å²) in [5.41, 5.74) is 17.1. The Morgan fingerprint density at radius 2 is 1.00 bits per heavy atom. The average Bonchev–Trinajstić information content (AvgIpc) is 3.57. The van der Waals surface area contributed by atoms with Gasteiger partial charge in [0.05, 0.1) is 11.0 Å². The molecule has 3 nitrogen and oxygen atoms in total. The van der Waals surface area contributed by atoms with Crippen molar-refractivity contribution >= 4 is 79.0 Å². The van der Waals surface area contributed by atoms with Crippen LogP contribution in [0.1, 0.15) is 44.1 Å². The molecule has 0 amide bonds. The lowest BCUT2D eigenvalue weighted by atomic mass is 9.33. The number of benzene rings is 7. The molecule has 1 aromatic heterocycles. The molecule has 0 N–H and O–H groups in total. The van der Waals surface area contributed by atoms with Gasteiger partial charge in [-0.1, -0.05) is 84.9 Å². The Kier molecular flexibility index (Phi) is 6.43. The van der Waals surface area contributed by atoms with Crippen molar-refractivity contribution in [1.29, 1.82) is 0 Å². The zero-order valence-corrected chi connectivity index (χ0v) is 31.5. The molecule has 7 aromatic carbocycles. The molecule has 268 valence electrons. The molecule has 0 spiro atoms. The van der Waals surface area contributed by atoms with Gasteiger partial charge in [0.15, 0.2) is 0 Å². The number of hydrogen-bond donors (Lipinski definition) is 0. The maximum Gasteiger partial charge on any atom is 0.252 e. The van der Waals surface area contributed by atoms with Crippen molar-refractivity contribution in [2.45, 2.75) is 43.9 Å². The molecule has 2 aliphatic heterocycles. The van der Waals surface area contributed by atoms with E-state index in [1.807, 2.05) is 0 Å². The molecule has 4 saturated carbocycles. The Balaban J connectivity index is 1.04. The number of anilines is 6. The number of fused-ring (bicyclic) bond motifs is 7. The van der Waals surface area contributed by atoms with E-state index in [4.69, 9.17) is 0 Å². The SMILES string of the molecule is c1ccc(N2c3ccccc3B3c4cc(-n5c6ccccc6c6cc(C78CC9CC(CC(C9)C7)C8)ccc65)ccc4N(c4ccccc4)c4cccc2c43)cc1. The van der Waals surface area contributed by atoms with Crippen LogP contribution in [0.15, 0.2) is 164 Å². The standard InChI is InChI=1S/C52H42BN3/c1-3-12-38(13-4-1)54-47-19-10-8-17-43(47)53-44-30-40(23-25-48(44)55(39-14-5-2-6-15-39)50-21-11-20-49(54)51(50)53)56-45-18-9-7-16-41(45)42-29-37(22-24-46(42)56)52-31-34-26-35(32-52)28-36(27-34)33-52/h1-25,29-30,34-36H,26-28,31-33H2. The van der Waals surface area contributed by atoms with Crippen molar-refractivity contribution < 1.29 is 0 Å². The van der Waals surface area contributed by atoms with Crippen LogP contribution in [0, 0.1) is 17.8 Å². The van der Waals surface area contributed by atoms with Gasteiger partial charge in [-0.15, -0.1) is 0 Å². The molecule has 3 heterocycles. The first-order valence-corrected chi connectivity index (χ1v) is 20.8. The van der Waals surface area contributed by atoms with E-state index >= 15 is 0 Å². The average molecular weight is 720 g/mol. The predicted octanol–water partition coefficient (Wildman–Crippen LogP) is 11.3. The topological polar surface area (TPSA) is 11.4 Å². The molecule has 0 saturated heterocycles. The quantitative estimate of drug-likeness (QED) is 0.168. The van der Waals surface area contributed by atoms with Crippen LogP contribution in [-0.2, 0) is 5.41 Å². The predicted molar refractivity (Wildman–Crippen MR) is 235 cm³/mol. The highest BCUT2D eigenvalue weighted by Gasteiger charge is 2.51. The van der Waals surface area contributed by atoms with Crippen LogP contribution in [0.3, 0.4) is 0 Å². The maximum atomic E-state index is 2.62. The molecule has 4 aliphatic carbocycles. The summed E-state index contributed by atoms with van der Waals surface area (Å²) in [5.74, 6) is 2.79. The third kappa shape index (κ3) is 4.30. The smallest absolute Gasteiger partial charge is 0.252 e. The minimum atomic E-state index is 0.0723.